The highest BCUT2D eigenvalue weighted by Gasteiger charge is 2.18. The van der Waals surface area contributed by atoms with Gasteiger partial charge >= 0.3 is 0 Å². The van der Waals surface area contributed by atoms with Crippen molar-refractivity contribution < 1.29 is 4.74 Å². The Balaban J connectivity index is 1.97. The zero-order valence-electron chi connectivity index (χ0n) is 10.4. The molecular formula is C13H19ClN2O. The molecule has 0 amide bonds. The van der Waals surface area contributed by atoms with Crippen molar-refractivity contribution >= 4 is 11.6 Å². The number of benzene rings is 1. The maximum Gasteiger partial charge on any atom is 0.120 e. The number of nitrogens with one attached hydrogen (secondary N) is 1. The standard InChI is InChI=1S/C13H19ClN2O/c1-10-7-11(3-4-12(10)14)8-16-5-6-17-13(9-16)15-2/h3-4,7,13,15H,5-6,8-9H2,1-2H3. The minimum atomic E-state index is 0.150. The van der Waals surface area contributed by atoms with Crippen molar-refractivity contribution in [3.05, 3.63) is 34.3 Å². The molecule has 0 saturated carbocycles. The summed E-state index contributed by atoms with van der Waals surface area (Å²) in [5.41, 5.74) is 2.45. The zero-order chi connectivity index (χ0) is 12.3. The highest BCUT2D eigenvalue weighted by Crippen LogP contribution is 2.18. The minimum Gasteiger partial charge on any atom is -0.361 e. The number of hydrogen-bond donors (Lipinski definition) is 1. The number of morpholine rings is 1. The summed E-state index contributed by atoms with van der Waals surface area (Å²) in [6.07, 6.45) is 0.150. The summed E-state index contributed by atoms with van der Waals surface area (Å²) in [7, 11) is 1.93. The topological polar surface area (TPSA) is 24.5 Å². The molecule has 0 aromatic heterocycles. The van der Waals surface area contributed by atoms with Gasteiger partial charge in [-0.1, -0.05) is 23.7 Å². The van der Waals surface area contributed by atoms with Gasteiger partial charge in [0.2, 0.25) is 0 Å². The first-order valence-corrected chi connectivity index (χ1v) is 6.33. The third kappa shape index (κ3) is 3.42. The average Bonchev–Trinajstić information content (AvgIpc) is 2.34. The van der Waals surface area contributed by atoms with Crippen LogP contribution in [0.1, 0.15) is 11.1 Å². The fourth-order valence-corrected chi connectivity index (χ4v) is 2.20. The van der Waals surface area contributed by atoms with Crippen molar-refractivity contribution in [1.82, 2.24) is 10.2 Å². The maximum absolute atomic E-state index is 6.03. The molecule has 1 fully saturated rings. The van der Waals surface area contributed by atoms with Gasteiger partial charge in [0.05, 0.1) is 6.61 Å². The van der Waals surface area contributed by atoms with Gasteiger partial charge in [-0.3, -0.25) is 10.2 Å². The number of rotatable bonds is 3. The lowest BCUT2D eigenvalue weighted by molar-refractivity contribution is -0.0442. The van der Waals surface area contributed by atoms with Gasteiger partial charge in [0, 0.05) is 24.7 Å². The highest BCUT2D eigenvalue weighted by atomic mass is 35.5. The average molecular weight is 255 g/mol. The smallest absolute Gasteiger partial charge is 0.120 e. The second kappa shape index (κ2) is 5.83. The van der Waals surface area contributed by atoms with E-state index in [1.807, 2.05) is 20.0 Å². The molecule has 1 aliphatic rings. The lowest BCUT2D eigenvalue weighted by Crippen LogP contribution is -2.47. The maximum atomic E-state index is 6.03. The number of likely N-dealkylation sites (N-methyl/N-ethyl adjacent to an activating group) is 1. The van der Waals surface area contributed by atoms with E-state index in [0.29, 0.717) is 0 Å². The summed E-state index contributed by atoms with van der Waals surface area (Å²) in [6, 6.07) is 6.23. The molecule has 4 heteroatoms. The Kier molecular flexibility index (Phi) is 4.40. The number of halogens is 1. The number of hydrogen-bond acceptors (Lipinski definition) is 3. The summed E-state index contributed by atoms with van der Waals surface area (Å²) in [5.74, 6) is 0. The Morgan fingerprint density at radius 2 is 2.35 bits per heavy atom. The molecular weight excluding hydrogens is 236 g/mol. The SMILES string of the molecule is CNC1CN(Cc2ccc(Cl)c(C)c2)CCO1. The molecule has 1 aromatic carbocycles. The number of nitrogens with zero attached hydrogens (tertiary/aromatic N) is 1. The van der Waals surface area contributed by atoms with Crippen LogP contribution in [-0.2, 0) is 11.3 Å². The first-order valence-electron chi connectivity index (χ1n) is 5.95. The van der Waals surface area contributed by atoms with E-state index in [-0.39, 0.29) is 6.23 Å². The molecule has 17 heavy (non-hydrogen) atoms. The van der Waals surface area contributed by atoms with Crippen LogP contribution in [0.3, 0.4) is 0 Å². The number of ether oxygens (including phenoxy) is 1. The van der Waals surface area contributed by atoms with Crippen LogP contribution in [0, 0.1) is 6.92 Å². The largest absolute Gasteiger partial charge is 0.361 e. The zero-order valence-corrected chi connectivity index (χ0v) is 11.1. The van der Waals surface area contributed by atoms with Gasteiger partial charge in [-0.25, -0.2) is 0 Å². The van der Waals surface area contributed by atoms with Crippen molar-refractivity contribution in [2.24, 2.45) is 0 Å². The third-order valence-corrected chi connectivity index (χ3v) is 3.53. The van der Waals surface area contributed by atoms with Gasteiger partial charge in [0.15, 0.2) is 0 Å². The van der Waals surface area contributed by atoms with Crippen molar-refractivity contribution in [2.45, 2.75) is 19.7 Å². The van der Waals surface area contributed by atoms with Crippen molar-refractivity contribution in [3.8, 4) is 0 Å². The predicted molar refractivity (Wildman–Crippen MR) is 70.3 cm³/mol. The summed E-state index contributed by atoms with van der Waals surface area (Å²) in [4.78, 5) is 2.40. The Hall–Kier alpha value is -0.610. The van der Waals surface area contributed by atoms with E-state index in [2.05, 4.69) is 22.3 Å². The third-order valence-electron chi connectivity index (χ3n) is 3.10. The molecule has 0 aliphatic carbocycles. The first kappa shape index (κ1) is 12.8. The first-order chi connectivity index (χ1) is 8.19. The molecule has 0 spiro atoms. The van der Waals surface area contributed by atoms with E-state index < -0.39 is 0 Å². The van der Waals surface area contributed by atoms with Gasteiger partial charge in [-0.15, -0.1) is 0 Å². The Bertz CT molecular complexity index is 384. The van der Waals surface area contributed by atoms with E-state index in [4.69, 9.17) is 16.3 Å². The van der Waals surface area contributed by atoms with Crippen molar-refractivity contribution in [3.63, 3.8) is 0 Å². The molecule has 1 atom stereocenters. The van der Waals surface area contributed by atoms with Gasteiger partial charge in [-0.05, 0) is 31.2 Å². The van der Waals surface area contributed by atoms with Gasteiger partial charge in [0.1, 0.15) is 6.23 Å². The number of aryl methyl sites for hydroxylation is 1. The Labute approximate surface area is 108 Å². The second-order valence-electron chi connectivity index (χ2n) is 4.47. The van der Waals surface area contributed by atoms with Gasteiger partial charge in [0.25, 0.3) is 0 Å². The molecule has 1 N–H and O–H groups in total. The van der Waals surface area contributed by atoms with Crippen LogP contribution in [0.15, 0.2) is 18.2 Å². The molecule has 1 aromatic rings. The van der Waals surface area contributed by atoms with Crippen LogP contribution in [0.4, 0.5) is 0 Å². The normalized spacial score (nSPS) is 21.7. The molecule has 1 unspecified atom stereocenters. The molecule has 3 nitrogen and oxygen atoms in total. The minimum absolute atomic E-state index is 0.150. The monoisotopic (exact) mass is 254 g/mol. The van der Waals surface area contributed by atoms with Gasteiger partial charge in [-0.2, -0.15) is 0 Å². The lowest BCUT2D eigenvalue weighted by Gasteiger charge is -2.32. The van der Waals surface area contributed by atoms with Crippen LogP contribution in [0.5, 0.6) is 0 Å². The molecule has 94 valence electrons. The summed E-state index contributed by atoms with van der Waals surface area (Å²) >= 11 is 6.03. The Morgan fingerprint density at radius 3 is 3.06 bits per heavy atom. The van der Waals surface area contributed by atoms with Crippen LogP contribution in [-0.4, -0.2) is 37.9 Å². The molecule has 1 saturated heterocycles. The van der Waals surface area contributed by atoms with E-state index in [9.17, 15) is 0 Å². The second-order valence-corrected chi connectivity index (χ2v) is 4.87. The van der Waals surface area contributed by atoms with E-state index in [1.54, 1.807) is 0 Å². The summed E-state index contributed by atoms with van der Waals surface area (Å²) < 4.78 is 5.56. The fourth-order valence-electron chi connectivity index (χ4n) is 2.08. The van der Waals surface area contributed by atoms with E-state index >= 15 is 0 Å². The van der Waals surface area contributed by atoms with Crippen LogP contribution in [0.2, 0.25) is 5.02 Å². The van der Waals surface area contributed by atoms with Crippen LogP contribution in [0.25, 0.3) is 0 Å². The molecule has 0 radical (unpaired) electrons. The van der Waals surface area contributed by atoms with Gasteiger partial charge < -0.3 is 4.74 Å². The van der Waals surface area contributed by atoms with Crippen molar-refractivity contribution in [1.29, 1.82) is 0 Å². The van der Waals surface area contributed by atoms with Crippen LogP contribution < -0.4 is 5.32 Å². The van der Waals surface area contributed by atoms with E-state index in [1.165, 1.54) is 5.56 Å². The fraction of sp³-hybridized carbons (Fsp3) is 0.538. The molecule has 2 rings (SSSR count). The summed E-state index contributed by atoms with van der Waals surface area (Å²) in [6.45, 7) is 5.71. The summed E-state index contributed by atoms with van der Waals surface area (Å²) in [5, 5.41) is 3.99. The quantitative estimate of drug-likeness (QED) is 0.893. The molecule has 1 heterocycles. The predicted octanol–water partition coefficient (Wildman–Crippen LogP) is 2.03. The highest BCUT2D eigenvalue weighted by molar-refractivity contribution is 6.31. The molecule has 0 bridgehead atoms. The van der Waals surface area contributed by atoms with Crippen molar-refractivity contribution in [2.75, 3.05) is 26.7 Å². The Morgan fingerprint density at radius 1 is 1.53 bits per heavy atom. The molecule has 1 aliphatic heterocycles. The van der Waals surface area contributed by atoms with E-state index in [0.717, 1.165) is 36.8 Å². The van der Waals surface area contributed by atoms with Crippen LogP contribution >= 0.6 is 11.6 Å². The lowest BCUT2D eigenvalue weighted by atomic mass is 10.1.